The molecule has 0 saturated carbocycles. The maximum Gasteiger partial charge on any atom is 0.247 e. The first-order chi connectivity index (χ1) is 15.3. The van der Waals surface area contributed by atoms with Crippen molar-refractivity contribution in [1.29, 1.82) is 0 Å². The second-order valence-corrected chi connectivity index (χ2v) is 7.61. The number of aliphatic hydroxyl groups is 2. The van der Waals surface area contributed by atoms with E-state index in [0.29, 0.717) is 0 Å². The minimum Gasteiger partial charge on any atom is -0.387 e. The van der Waals surface area contributed by atoms with Crippen LogP contribution >= 0.6 is 0 Å². The summed E-state index contributed by atoms with van der Waals surface area (Å²) < 4.78 is 8.96. The molecule has 3 aromatic rings. The Morgan fingerprint density at radius 1 is 1.38 bits per heavy atom. The molecule has 4 atom stereocenters. The van der Waals surface area contributed by atoms with Gasteiger partial charge >= 0.3 is 0 Å². The summed E-state index contributed by atoms with van der Waals surface area (Å²) in [6.45, 7) is 2.09. The molecule has 13 nitrogen and oxygen atoms in total. The Bertz CT molecular complexity index is 1170. The Kier molecular flexibility index (Phi) is 5.88. The lowest BCUT2D eigenvalue weighted by Gasteiger charge is -2.16. The molecule has 0 unspecified atom stereocenters. The lowest BCUT2D eigenvalue weighted by Crippen LogP contribution is -2.36. The first-order valence-corrected chi connectivity index (χ1v) is 9.96. The third-order valence-corrected chi connectivity index (χ3v) is 5.21. The lowest BCUT2D eigenvalue weighted by atomic mass is 10.0. The van der Waals surface area contributed by atoms with Crippen LogP contribution in [0.15, 0.2) is 23.7 Å². The number of anilines is 2. The first-order valence-electron chi connectivity index (χ1n) is 9.96. The van der Waals surface area contributed by atoms with Gasteiger partial charge in [0.2, 0.25) is 5.95 Å². The highest BCUT2D eigenvalue weighted by atomic mass is 16.6. The minimum atomic E-state index is -1.41. The molecule has 170 valence electrons. The molecule has 32 heavy (non-hydrogen) atoms. The third kappa shape index (κ3) is 3.93. The van der Waals surface area contributed by atoms with E-state index in [1.165, 1.54) is 10.9 Å². The maximum atomic E-state index is 12.2. The van der Waals surface area contributed by atoms with Gasteiger partial charge in [-0.2, -0.15) is 15.1 Å². The number of Topliss-reactive ketones (excluding diaryl/α,β-unsaturated/α-hetero) is 1. The zero-order chi connectivity index (χ0) is 23.0. The van der Waals surface area contributed by atoms with Crippen LogP contribution in [0, 0.1) is 6.92 Å². The number of hydrogen-bond acceptors (Lipinski definition) is 11. The Labute approximate surface area is 182 Å². The smallest absolute Gasteiger partial charge is 0.247 e. The zero-order valence-electron chi connectivity index (χ0n) is 17.6. The summed E-state index contributed by atoms with van der Waals surface area (Å²) in [7, 11) is 1.90. The average Bonchev–Trinajstić information content (AvgIpc) is 3.39. The normalized spacial score (nSPS) is 23.4. The van der Waals surface area contributed by atoms with Gasteiger partial charge in [-0.05, 0) is 25.1 Å². The molecule has 4 rings (SSSR count). The number of aryl methyl sites for hydroxylation is 2. The van der Waals surface area contributed by atoms with Crippen LogP contribution in [0.2, 0.25) is 0 Å². The van der Waals surface area contributed by atoms with Gasteiger partial charge in [0.1, 0.15) is 23.8 Å². The van der Waals surface area contributed by atoms with Gasteiger partial charge in [-0.25, -0.2) is 10.4 Å². The van der Waals surface area contributed by atoms with E-state index in [1.807, 2.05) is 30.8 Å². The van der Waals surface area contributed by atoms with Gasteiger partial charge in [0.15, 0.2) is 23.5 Å². The predicted molar refractivity (Wildman–Crippen MR) is 116 cm³/mol. The van der Waals surface area contributed by atoms with Crippen molar-refractivity contribution in [2.45, 2.75) is 37.9 Å². The molecule has 4 heterocycles. The second kappa shape index (κ2) is 8.63. The number of hydrogen-bond donors (Lipinski definition) is 5. The Balaban J connectivity index is 1.60. The number of nitrogens with zero attached hydrogens (tertiary/aromatic N) is 6. The third-order valence-electron chi connectivity index (χ3n) is 5.21. The molecule has 1 aliphatic rings. The second-order valence-electron chi connectivity index (χ2n) is 7.61. The summed E-state index contributed by atoms with van der Waals surface area (Å²) in [4.78, 5) is 24.9. The highest BCUT2D eigenvalue weighted by Gasteiger charge is 2.47. The Hall–Kier alpha value is -3.39. The highest BCUT2D eigenvalue weighted by molar-refractivity contribution is 5.85. The highest BCUT2D eigenvalue weighted by Crippen LogP contribution is 2.33. The number of nitrogens with one attached hydrogen (secondary N) is 1. The number of nitrogens with two attached hydrogens (primary N) is 2. The zero-order valence-corrected chi connectivity index (χ0v) is 17.6. The van der Waals surface area contributed by atoms with Gasteiger partial charge in [0, 0.05) is 19.7 Å². The number of carbonyl (C=O) groups excluding carboxylic acids is 1. The fraction of sp³-hybridized carbons (Fsp3) is 0.421. The van der Waals surface area contributed by atoms with E-state index in [2.05, 4.69) is 25.5 Å². The maximum absolute atomic E-state index is 12.2. The van der Waals surface area contributed by atoms with Crippen molar-refractivity contribution in [2.24, 2.45) is 17.9 Å². The average molecular weight is 443 g/mol. The number of imidazole rings is 1. The van der Waals surface area contributed by atoms with Gasteiger partial charge < -0.3 is 31.0 Å². The SMILES string of the molecule is Cc1cc(/C=N/Nc2nc(N)c3ncn([C@@H]4O[C@H](C(=O)CCN)[C@@H](O)[C@H]4O)c3n2)n(C)c1. The molecule has 0 amide bonds. The molecule has 7 N–H and O–H groups in total. The Morgan fingerprint density at radius 3 is 2.84 bits per heavy atom. The van der Waals surface area contributed by atoms with Crippen LogP contribution in [0.3, 0.4) is 0 Å². The number of hydrazone groups is 1. The van der Waals surface area contributed by atoms with Crippen LogP contribution in [-0.2, 0) is 16.6 Å². The van der Waals surface area contributed by atoms with Crippen molar-refractivity contribution in [3.63, 3.8) is 0 Å². The molecular weight excluding hydrogens is 418 g/mol. The molecular formula is C19H25N9O4. The van der Waals surface area contributed by atoms with Crippen molar-refractivity contribution in [1.82, 2.24) is 24.1 Å². The fourth-order valence-electron chi connectivity index (χ4n) is 3.65. The first kappa shape index (κ1) is 21.8. The van der Waals surface area contributed by atoms with Crippen LogP contribution in [0.5, 0.6) is 0 Å². The number of carbonyl (C=O) groups is 1. The Morgan fingerprint density at radius 2 is 2.16 bits per heavy atom. The van der Waals surface area contributed by atoms with Crippen LogP contribution in [0.25, 0.3) is 11.2 Å². The summed E-state index contributed by atoms with van der Waals surface area (Å²) in [5, 5.41) is 24.9. The molecule has 0 aromatic carbocycles. The molecule has 0 aliphatic carbocycles. The van der Waals surface area contributed by atoms with Crippen molar-refractivity contribution < 1.29 is 19.7 Å². The summed E-state index contributed by atoms with van der Waals surface area (Å²) in [5.74, 6) is -0.208. The quantitative estimate of drug-likeness (QED) is 0.224. The van der Waals surface area contributed by atoms with Gasteiger partial charge in [-0.3, -0.25) is 9.36 Å². The number of fused-ring (bicyclic) bond motifs is 1. The number of aromatic nitrogens is 5. The number of aliphatic hydroxyl groups excluding tert-OH is 2. The molecule has 3 aromatic heterocycles. The number of nitrogen functional groups attached to an aromatic ring is 1. The summed E-state index contributed by atoms with van der Waals surface area (Å²) in [5.41, 5.74) is 16.6. The van der Waals surface area contributed by atoms with Crippen molar-refractivity contribution >= 4 is 34.9 Å². The topological polar surface area (TPSA) is 192 Å². The molecule has 13 heteroatoms. The molecule has 1 saturated heterocycles. The van der Waals surface area contributed by atoms with Gasteiger partial charge in [-0.15, -0.1) is 0 Å². The van der Waals surface area contributed by atoms with E-state index >= 15 is 0 Å². The molecule has 0 radical (unpaired) electrons. The van der Waals surface area contributed by atoms with Crippen molar-refractivity contribution in [3.05, 3.63) is 29.8 Å². The van der Waals surface area contributed by atoms with E-state index in [1.54, 1.807) is 6.21 Å². The van der Waals surface area contributed by atoms with Gasteiger partial charge in [0.05, 0.1) is 18.2 Å². The van der Waals surface area contributed by atoms with Gasteiger partial charge in [-0.1, -0.05) is 0 Å². The summed E-state index contributed by atoms with van der Waals surface area (Å²) in [6.07, 6.45) is -0.142. The van der Waals surface area contributed by atoms with Crippen LogP contribution < -0.4 is 16.9 Å². The van der Waals surface area contributed by atoms with E-state index in [-0.39, 0.29) is 35.9 Å². The lowest BCUT2D eigenvalue weighted by molar-refractivity contribution is -0.135. The standard InChI is InChI=1S/C19H25N9O4/c1-9-5-10(27(2)7-9)6-23-26-19-24-16(21)12-17(25-19)28(8-22-12)18-14(31)13(30)15(32-18)11(29)3-4-20/h5-8,13-15,18,30-31H,3-4,20H2,1-2H3,(H3,21,24,25,26)/b23-6+/t13-,14+,15+,18+/m0/s1. The molecule has 1 aliphatic heterocycles. The van der Waals surface area contributed by atoms with Crippen molar-refractivity contribution in [2.75, 3.05) is 17.7 Å². The summed E-state index contributed by atoms with van der Waals surface area (Å²) in [6, 6.07) is 1.96. The van der Waals surface area contributed by atoms with Crippen LogP contribution in [0.4, 0.5) is 11.8 Å². The fourth-order valence-corrected chi connectivity index (χ4v) is 3.65. The van der Waals surface area contributed by atoms with Gasteiger partial charge in [0.25, 0.3) is 0 Å². The van der Waals surface area contributed by atoms with Crippen LogP contribution in [-0.4, -0.2) is 71.2 Å². The number of rotatable bonds is 7. The van der Waals surface area contributed by atoms with E-state index in [9.17, 15) is 15.0 Å². The predicted octanol–water partition coefficient (Wildman–Crippen LogP) is -0.961. The van der Waals surface area contributed by atoms with E-state index in [0.717, 1.165) is 11.3 Å². The number of ether oxygens (including phenoxy) is 1. The largest absolute Gasteiger partial charge is 0.387 e. The minimum absolute atomic E-state index is 0.0215. The summed E-state index contributed by atoms with van der Waals surface area (Å²) >= 11 is 0. The van der Waals surface area contributed by atoms with E-state index < -0.39 is 30.3 Å². The monoisotopic (exact) mass is 443 g/mol. The molecule has 0 bridgehead atoms. The van der Waals surface area contributed by atoms with E-state index in [4.69, 9.17) is 16.2 Å². The molecule has 1 fully saturated rings. The van der Waals surface area contributed by atoms with Crippen molar-refractivity contribution in [3.8, 4) is 0 Å². The number of ketones is 1. The van der Waals surface area contributed by atoms with Crippen LogP contribution in [0.1, 0.15) is 23.9 Å². The molecule has 0 spiro atoms.